The van der Waals surface area contributed by atoms with E-state index in [-0.39, 0.29) is 5.43 Å². The van der Waals surface area contributed by atoms with Gasteiger partial charge in [0.1, 0.15) is 0 Å². The summed E-state index contributed by atoms with van der Waals surface area (Å²) in [6.45, 7) is 3.77. The Kier molecular flexibility index (Phi) is 1.81. The van der Waals surface area contributed by atoms with Crippen molar-refractivity contribution in [2.45, 2.75) is 13.8 Å². The van der Waals surface area contributed by atoms with Crippen LogP contribution in [0.5, 0.6) is 0 Å². The fourth-order valence-corrected chi connectivity index (χ4v) is 1.59. The van der Waals surface area contributed by atoms with E-state index in [1.807, 2.05) is 26.0 Å². The van der Waals surface area contributed by atoms with Gasteiger partial charge in [-0.15, -0.1) is 0 Å². The van der Waals surface area contributed by atoms with Crippen LogP contribution in [0.1, 0.15) is 11.3 Å². The van der Waals surface area contributed by atoms with Gasteiger partial charge in [-0.1, -0.05) is 12.1 Å². The smallest absolute Gasteiger partial charge is 0.212 e. The standard InChI is InChI=1S/C11H12N2O/c1-6-4-3-5-8-10(6)13-7(2)9(12)11(8)14/h3-5H,12H2,1-2H3,(H,13,14). The SMILES string of the molecule is Cc1[nH]c2c(C)cccc2c(=O)c1N. The maximum Gasteiger partial charge on any atom is 0.212 e. The summed E-state index contributed by atoms with van der Waals surface area (Å²) in [7, 11) is 0. The lowest BCUT2D eigenvalue weighted by atomic mass is 10.1. The van der Waals surface area contributed by atoms with Gasteiger partial charge in [-0.3, -0.25) is 4.79 Å². The molecule has 0 bridgehead atoms. The molecule has 0 aliphatic heterocycles. The van der Waals surface area contributed by atoms with Gasteiger partial charge in [0.25, 0.3) is 0 Å². The molecule has 14 heavy (non-hydrogen) atoms. The molecule has 0 saturated carbocycles. The average molecular weight is 188 g/mol. The van der Waals surface area contributed by atoms with Crippen LogP contribution in [0.3, 0.4) is 0 Å². The van der Waals surface area contributed by atoms with Crippen LogP contribution < -0.4 is 11.2 Å². The summed E-state index contributed by atoms with van der Waals surface area (Å²) >= 11 is 0. The van der Waals surface area contributed by atoms with Crippen molar-refractivity contribution < 1.29 is 0 Å². The number of aromatic nitrogens is 1. The van der Waals surface area contributed by atoms with Crippen molar-refractivity contribution in [3.05, 3.63) is 39.7 Å². The quantitative estimate of drug-likeness (QED) is 0.661. The third-order valence-electron chi connectivity index (χ3n) is 2.48. The molecule has 0 unspecified atom stereocenters. The largest absolute Gasteiger partial charge is 0.394 e. The topological polar surface area (TPSA) is 58.9 Å². The predicted molar refractivity (Wildman–Crippen MR) is 58.5 cm³/mol. The van der Waals surface area contributed by atoms with Gasteiger partial charge in [0, 0.05) is 11.1 Å². The molecule has 3 nitrogen and oxygen atoms in total. The number of fused-ring (bicyclic) bond motifs is 1. The normalized spacial score (nSPS) is 10.7. The molecule has 0 aliphatic rings. The molecular formula is C11H12N2O. The molecule has 3 N–H and O–H groups in total. The minimum absolute atomic E-state index is 0.0834. The minimum Gasteiger partial charge on any atom is -0.394 e. The fraction of sp³-hybridized carbons (Fsp3) is 0.182. The lowest BCUT2D eigenvalue weighted by Crippen LogP contribution is -2.12. The summed E-state index contributed by atoms with van der Waals surface area (Å²) in [4.78, 5) is 14.9. The molecule has 2 aromatic rings. The number of nitrogens with two attached hydrogens (primary N) is 1. The second-order valence-corrected chi connectivity index (χ2v) is 3.49. The van der Waals surface area contributed by atoms with Gasteiger partial charge in [-0.25, -0.2) is 0 Å². The Labute approximate surface area is 81.6 Å². The van der Waals surface area contributed by atoms with Crippen molar-refractivity contribution in [3.63, 3.8) is 0 Å². The maximum atomic E-state index is 11.8. The van der Waals surface area contributed by atoms with E-state index >= 15 is 0 Å². The third kappa shape index (κ3) is 1.09. The van der Waals surface area contributed by atoms with E-state index in [1.54, 1.807) is 6.07 Å². The highest BCUT2D eigenvalue weighted by Crippen LogP contribution is 2.15. The molecule has 0 amide bonds. The number of hydrogen-bond donors (Lipinski definition) is 2. The van der Waals surface area contributed by atoms with E-state index in [9.17, 15) is 4.79 Å². The first-order chi connectivity index (χ1) is 6.61. The molecule has 0 saturated heterocycles. The van der Waals surface area contributed by atoms with Crippen molar-refractivity contribution in [2.75, 3.05) is 5.73 Å². The van der Waals surface area contributed by atoms with Crippen LogP contribution in [0.25, 0.3) is 10.9 Å². The molecule has 1 aromatic carbocycles. The van der Waals surface area contributed by atoms with Crippen molar-refractivity contribution >= 4 is 16.6 Å². The minimum atomic E-state index is -0.0834. The molecule has 1 aromatic heterocycles. The van der Waals surface area contributed by atoms with Crippen LogP contribution in [-0.2, 0) is 0 Å². The van der Waals surface area contributed by atoms with Crippen LogP contribution >= 0.6 is 0 Å². The van der Waals surface area contributed by atoms with E-state index in [4.69, 9.17) is 5.73 Å². The number of aromatic amines is 1. The molecule has 1 heterocycles. The van der Waals surface area contributed by atoms with Crippen LogP contribution in [0.15, 0.2) is 23.0 Å². The number of nitrogens with one attached hydrogen (secondary N) is 1. The van der Waals surface area contributed by atoms with E-state index in [2.05, 4.69) is 4.98 Å². The zero-order chi connectivity index (χ0) is 10.3. The monoisotopic (exact) mass is 188 g/mol. The molecule has 0 radical (unpaired) electrons. The summed E-state index contributed by atoms with van der Waals surface area (Å²) in [5.41, 5.74) is 8.55. The van der Waals surface area contributed by atoms with Crippen molar-refractivity contribution in [1.29, 1.82) is 0 Å². The third-order valence-corrected chi connectivity index (χ3v) is 2.48. The van der Waals surface area contributed by atoms with E-state index in [0.29, 0.717) is 11.1 Å². The second-order valence-electron chi connectivity index (χ2n) is 3.49. The van der Waals surface area contributed by atoms with E-state index in [1.165, 1.54) is 0 Å². The predicted octanol–water partition coefficient (Wildman–Crippen LogP) is 1.73. The number of nitrogen functional groups attached to an aromatic ring is 1. The highest BCUT2D eigenvalue weighted by Gasteiger charge is 2.06. The number of pyridine rings is 1. The lowest BCUT2D eigenvalue weighted by Gasteiger charge is -2.05. The first-order valence-corrected chi connectivity index (χ1v) is 4.49. The first-order valence-electron chi connectivity index (χ1n) is 4.49. The van der Waals surface area contributed by atoms with Gasteiger partial charge >= 0.3 is 0 Å². The zero-order valence-electron chi connectivity index (χ0n) is 8.22. The van der Waals surface area contributed by atoms with Crippen LogP contribution in [0.2, 0.25) is 0 Å². The molecule has 0 aliphatic carbocycles. The fourth-order valence-electron chi connectivity index (χ4n) is 1.59. The zero-order valence-corrected chi connectivity index (χ0v) is 8.22. The van der Waals surface area contributed by atoms with E-state index < -0.39 is 0 Å². The Morgan fingerprint density at radius 3 is 2.71 bits per heavy atom. The van der Waals surface area contributed by atoms with Gasteiger partial charge in [0.05, 0.1) is 11.2 Å². The lowest BCUT2D eigenvalue weighted by molar-refractivity contribution is 1.23. The van der Waals surface area contributed by atoms with E-state index in [0.717, 1.165) is 16.8 Å². The summed E-state index contributed by atoms with van der Waals surface area (Å²) in [6.07, 6.45) is 0. The molecule has 0 atom stereocenters. The Balaban J connectivity index is 3.06. The average Bonchev–Trinajstić information content (AvgIpc) is 2.17. The Morgan fingerprint density at radius 1 is 1.29 bits per heavy atom. The maximum absolute atomic E-state index is 11.8. The summed E-state index contributed by atoms with van der Waals surface area (Å²) in [5.74, 6) is 0. The number of H-pyrrole nitrogens is 1. The Morgan fingerprint density at radius 2 is 2.00 bits per heavy atom. The van der Waals surface area contributed by atoms with Gasteiger partial charge in [0.2, 0.25) is 5.43 Å². The molecule has 3 heteroatoms. The van der Waals surface area contributed by atoms with Gasteiger partial charge in [0.15, 0.2) is 0 Å². The molecule has 0 fully saturated rings. The van der Waals surface area contributed by atoms with Gasteiger partial charge in [-0.2, -0.15) is 0 Å². The van der Waals surface area contributed by atoms with Gasteiger partial charge in [-0.05, 0) is 25.5 Å². The second kappa shape index (κ2) is 2.87. The van der Waals surface area contributed by atoms with Crippen LogP contribution in [-0.4, -0.2) is 4.98 Å². The van der Waals surface area contributed by atoms with Crippen molar-refractivity contribution in [2.24, 2.45) is 0 Å². The van der Waals surface area contributed by atoms with Gasteiger partial charge < -0.3 is 10.7 Å². The van der Waals surface area contributed by atoms with Crippen LogP contribution in [0.4, 0.5) is 5.69 Å². The highest BCUT2D eigenvalue weighted by atomic mass is 16.1. The van der Waals surface area contributed by atoms with Crippen molar-refractivity contribution in [3.8, 4) is 0 Å². The Bertz CT molecular complexity index is 555. The first kappa shape index (κ1) is 8.81. The van der Waals surface area contributed by atoms with Crippen molar-refractivity contribution in [1.82, 2.24) is 4.98 Å². The molecule has 72 valence electrons. The molecular weight excluding hydrogens is 176 g/mol. The number of hydrogen-bond acceptors (Lipinski definition) is 2. The highest BCUT2D eigenvalue weighted by molar-refractivity contribution is 5.84. The van der Waals surface area contributed by atoms with Crippen LogP contribution in [0, 0.1) is 13.8 Å². The summed E-state index contributed by atoms with van der Waals surface area (Å²) in [6, 6.07) is 5.62. The molecule has 0 spiro atoms. The molecule has 2 rings (SSSR count). The number of aryl methyl sites for hydroxylation is 2. The summed E-state index contributed by atoms with van der Waals surface area (Å²) < 4.78 is 0. The number of benzene rings is 1. The number of rotatable bonds is 0. The number of anilines is 1. The Hall–Kier alpha value is -1.77. The summed E-state index contributed by atoms with van der Waals surface area (Å²) in [5, 5.41) is 0.660. The number of para-hydroxylation sites is 1.